The quantitative estimate of drug-likeness (QED) is 0.546. The molecule has 0 atom stereocenters. The molecule has 0 aliphatic rings. The second-order valence-electron chi connectivity index (χ2n) is 4.38. The number of hydrogen-bond donors (Lipinski definition) is 0. The molecule has 21 heavy (non-hydrogen) atoms. The molecule has 2 aromatic heterocycles. The highest BCUT2D eigenvalue weighted by atomic mass is 35.5. The highest BCUT2D eigenvalue weighted by Gasteiger charge is 2.17. The summed E-state index contributed by atoms with van der Waals surface area (Å²) in [5.41, 5.74) is 0.972. The molecule has 0 saturated heterocycles. The van der Waals surface area contributed by atoms with Gasteiger partial charge in [0, 0.05) is 30.6 Å². The van der Waals surface area contributed by atoms with E-state index in [1.54, 1.807) is 6.07 Å². The van der Waals surface area contributed by atoms with E-state index < -0.39 is 17.5 Å². The minimum atomic E-state index is -1.23. The lowest BCUT2D eigenvalue weighted by Gasteiger charge is -2.10. The maximum Gasteiger partial charge on any atom is 0.161 e. The zero-order valence-corrected chi connectivity index (χ0v) is 11.4. The van der Waals surface area contributed by atoms with Crippen LogP contribution >= 0.6 is 11.6 Å². The molecule has 0 unspecified atom stereocenters. The first-order chi connectivity index (χ1) is 10.1. The molecule has 2 heterocycles. The Kier molecular flexibility index (Phi) is 3.55. The van der Waals surface area contributed by atoms with E-state index in [0.717, 1.165) is 6.07 Å². The van der Waals surface area contributed by atoms with Gasteiger partial charge in [-0.3, -0.25) is 9.55 Å². The normalized spacial score (nSPS) is 11.2. The number of benzene rings is 1. The zero-order chi connectivity index (χ0) is 15.0. The highest BCUT2D eigenvalue weighted by Crippen LogP contribution is 2.25. The van der Waals surface area contributed by atoms with E-state index in [9.17, 15) is 13.2 Å². The summed E-state index contributed by atoms with van der Waals surface area (Å²) in [6, 6.07) is 2.95. The van der Waals surface area contributed by atoms with Crippen LogP contribution in [-0.4, -0.2) is 20.4 Å². The molecule has 0 saturated carbocycles. The average molecular weight is 312 g/mol. The van der Waals surface area contributed by atoms with Crippen molar-refractivity contribution in [1.29, 1.82) is 0 Å². The van der Waals surface area contributed by atoms with E-state index in [1.165, 1.54) is 17.0 Å². The Bertz CT molecular complexity index is 817. The van der Waals surface area contributed by atoms with E-state index in [2.05, 4.69) is 9.97 Å². The van der Waals surface area contributed by atoms with Crippen LogP contribution in [0.2, 0.25) is 0 Å². The fourth-order valence-electron chi connectivity index (χ4n) is 2.19. The van der Waals surface area contributed by atoms with Gasteiger partial charge in [0.1, 0.15) is 17.2 Å². The predicted molar refractivity (Wildman–Crippen MR) is 73.2 cm³/mol. The highest BCUT2D eigenvalue weighted by molar-refractivity contribution is 6.17. The van der Waals surface area contributed by atoms with Crippen molar-refractivity contribution in [2.24, 2.45) is 0 Å². The van der Waals surface area contributed by atoms with Crippen LogP contribution in [0.5, 0.6) is 0 Å². The van der Waals surface area contributed by atoms with Gasteiger partial charge in [0.25, 0.3) is 0 Å². The summed E-state index contributed by atoms with van der Waals surface area (Å²) in [5, 5.41) is 0. The van der Waals surface area contributed by atoms with E-state index in [-0.39, 0.29) is 11.6 Å². The van der Waals surface area contributed by atoms with Gasteiger partial charge in [-0.25, -0.2) is 18.2 Å². The van der Waals surface area contributed by atoms with Crippen molar-refractivity contribution < 1.29 is 13.2 Å². The van der Waals surface area contributed by atoms with E-state index in [0.29, 0.717) is 29.3 Å². The Hall–Kier alpha value is -2.08. The largest absolute Gasteiger partial charge is 0.293 e. The summed E-state index contributed by atoms with van der Waals surface area (Å²) >= 11 is 5.72. The van der Waals surface area contributed by atoms with E-state index in [4.69, 9.17) is 11.6 Å². The standard InChI is InChI=1S/C14H9ClF3N3/c15-3-1-14-20-11-7-19-4-2-12(11)21(14)13-6-9(17)8(16)5-10(13)18/h2,4-7H,1,3H2. The van der Waals surface area contributed by atoms with Crippen LogP contribution in [0.4, 0.5) is 13.2 Å². The third-order valence-corrected chi connectivity index (χ3v) is 3.26. The SMILES string of the molecule is Fc1cc(F)c(-n2c(CCCl)nc3cnccc32)cc1F. The summed E-state index contributed by atoms with van der Waals surface area (Å²) in [6.45, 7) is 0. The molecule has 0 aliphatic carbocycles. The Labute approximate surface area is 123 Å². The number of fused-ring (bicyclic) bond motifs is 1. The maximum absolute atomic E-state index is 14.0. The van der Waals surface area contributed by atoms with Crippen LogP contribution in [-0.2, 0) is 6.42 Å². The predicted octanol–water partition coefficient (Wildman–Crippen LogP) is 3.62. The van der Waals surface area contributed by atoms with Crippen LogP contribution in [0.1, 0.15) is 5.82 Å². The number of rotatable bonds is 3. The minimum absolute atomic E-state index is 0.109. The molecule has 0 spiro atoms. The van der Waals surface area contributed by atoms with Gasteiger partial charge in [-0.15, -0.1) is 11.6 Å². The molecule has 108 valence electrons. The molecule has 1 aromatic carbocycles. The van der Waals surface area contributed by atoms with Crippen molar-refractivity contribution >= 4 is 22.6 Å². The number of halogens is 4. The third-order valence-electron chi connectivity index (χ3n) is 3.07. The van der Waals surface area contributed by atoms with Crippen LogP contribution < -0.4 is 0 Å². The fourth-order valence-corrected chi connectivity index (χ4v) is 2.36. The Balaban J connectivity index is 2.32. The molecule has 0 aliphatic heterocycles. The second-order valence-corrected chi connectivity index (χ2v) is 4.76. The molecular formula is C14H9ClF3N3. The van der Waals surface area contributed by atoms with Crippen LogP contribution in [0, 0.1) is 17.5 Å². The second kappa shape index (κ2) is 5.37. The summed E-state index contributed by atoms with van der Waals surface area (Å²) in [6.07, 6.45) is 3.39. The fraction of sp³-hybridized carbons (Fsp3) is 0.143. The third kappa shape index (κ3) is 2.35. The molecule has 0 N–H and O–H groups in total. The molecule has 0 radical (unpaired) electrons. The molecule has 0 amide bonds. The summed E-state index contributed by atoms with van der Waals surface area (Å²) < 4.78 is 42.0. The minimum Gasteiger partial charge on any atom is -0.293 e. The number of hydrogen-bond acceptors (Lipinski definition) is 2. The number of pyridine rings is 1. The summed E-state index contributed by atoms with van der Waals surface area (Å²) in [4.78, 5) is 8.24. The van der Waals surface area contributed by atoms with Gasteiger partial charge in [-0.2, -0.15) is 0 Å². The maximum atomic E-state index is 14.0. The number of imidazole rings is 1. The van der Waals surface area contributed by atoms with Crippen molar-refractivity contribution in [3.05, 3.63) is 53.9 Å². The first-order valence-electron chi connectivity index (χ1n) is 6.14. The molecule has 3 aromatic rings. The van der Waals surface area contributed by atoms with Gasteiger partial charge in [0.2, 0.25) is 0 Å². The monoisotopic (exact) mass is 311 g/mol. The van der Waals surface area contributed by atoms with E-state index in [1.807, 2.05) is 0 Å². The molecule has 0 bridgehead atoms. The first kappa shape index (κ1) is 13.9. The lowest BCUT2D eigenvalue weighted by atomic mass is 10.2. The number of nitrogens with zero attached hydrogens (tertiary/aromatic N) is 3. The Morgan fingerprint density at radius 1 is 1.10 bits per heavy atom. The molecule has 0 fully saturated rings. The zero-order valence-electron chi connectivity index (χ0n) is 10.7. The number of alkyl halides is 1. The van der Waals surface area contributed by atoms with Gasteiger partial charge < -0.3 is 0 Å². The molecule has 7 heteroatoms. The Morgan fingerprint density at radius 3 is 2.62 bits per heavy atom. The molecular weight excluding hydrogens is 303 g/mol. The Morgan fingerprint density at radius 2 is 1.86 bits per heavy atom. The first-order valence-corrected chi connectivity index (χ1v) is 6.67. The number of aromatic nitrogens is 3. The number of aryl methyl sites for hydroxylation is 1. The summed E-state index contributed by atoms with van der Waals surface area (Å²) in [5.74, 6) is -2.51. The van der Waals surface area contributed by atoms with Gasteiger partial charge in [-0.1, -0.05) is 0 Å². The van der Waals surface area contributed by atoms with Crippen LogP contribution in [0.25, 0.3) is 16.7 Å². The van der Waals surface area contributed by atoms with Crippen molar-refractivity contribution in [3.8, 4) is 5.69 Å². The molecule has 3 rings (SSSR count). The van der Waals surface area contributed by atoms with Crippen LogP contribution in [0.3, 0.4) is 0 Å². The van der Waals surface area contributed by atoms with Gasteiger partial charge in [-0.05, 0) is 6.07 Å². The van der Waals surface area contributed by atoms with Gasteiger partial charge in [0.15, 0.2) is 11.6 Å². The van der Waals surface area contributed by atoms with Gasteiger partial charge >= 0.3 is 0 Å². The summed E-state index contributed by atoms with van der Waals surface area (Å²) in [7, 11) is 0. The van der Waals surface area contributed by atoms with Crippen molar-refractivity contribution in [1.82, 2.24) is 14.5 Å². The van der Waals surface area contributed by atoms with Crippen molar-refractivity contribution in [2.45, 2.75) is 6.42 Å². The van der Waals surface area contributed by atoms with Crippen molar-refractivity contribution in [3.63, 3.8) is 0 Å². The lowest BCUT2D eigenvalue weighted by Crippen LogP contribution is -2.06. The lowest BCUT2D eigenvalue weighted by molar-refractivity contribution is 0.492. The van der Waals surface area contributed by atoms with E-state index >= 15 is 0 Å². The molecule has 3 nitrogen and oxygen atoms in total. The van der Waals surface area contributed by atoms with Crippen molar-refractivity contribution in [2.75, 3.05) is 5.88 Å². The van der Waals surface area contributed by atoms with Crippen LogP contribution in [0.15, 0.2) is 30.6 Å². The van der Waals surface area contributed by atoms with Gasteiger partial charge in [0.05, 0.1) is 17.4 Å². The average Bonchev–Trinajstić information content (AvgIpc) is 2.81. The smallest absolute Gasteiger partial charge is 0.161 e. The topological polar surface area (TPSA) is 30.7 Å².